The number of nitrogens with two attached hydrogens (primary N) is 1. The van der Waals surface area contributed by atoms with Crippen LogP contribution in [0.3, 0.4) is 0 Å². The van der Waals surface area contributed by atoms with Gasteiger partial charge < -0.3 is 5.73 Å². The van der Waals surface area contributed by atoms with Crippen molar-refractivity contribution in [2.75, 3.05) is 0 Å². The number of benzene rings is 1. The second-order valence-corrected chi connectivity index (χ2v) is 3.87. The molecule has 1 nitrogen and oxygen atoms in total. The van der Waals surface area contributed by atoms with Crippen LogP contribution in [-0.2, 0) is 0 Å². The SMILES string of the molecule is CC(c1ccccc1)C1(N)CC1. The molecule has 1 fully saturated rings. The van der Waals surface area contributed by atoms with Gasteiger partial charge in [0.15, 0.2) is 0 Å². The first-order chi connectivity index (χ1) is 5.72. The van der Waals surface area contributed by atoms with Gasteiger partial charge in [0.25, 0.3) is 0 Å². The first-order valence-electron chi connectivity index (χ1n) is 4.56. The average molecular weight is 161 g/mol. The summed E-state index contributed by atoms with van der Waals surface area (Å²) in [6.07, 6.45) is 2.37. The van der Waals surface area contributed by atoms with E-state index in [0.717, 1.165) is 0 Å². The van der Waals surface area contributed by atoms with Gasteiger partial charge >= 0.3 is 0 Å². The Morgan fingerprint density at radius 2 is 1.83 bits per heavy atom. The second kappa shape index (κ2) is 2.60. The summed E-state index contributed by atoms with van der Waals surface area (Å²) < 4.78 is 0. The van der Waals surface area contributed by atoms with E-state index < -0.39 is 0 Å². The van der Waals surface area contributed by atoms with Crippen LogP contribution in [0.1, 0.15) is 31.2 Å². The van der Waals surface area contributed by atoms with Gasteiger partial charge in [-0.1, -0.05) is 37.3 Å². The fraction of sp³-hybridized carbons (Fsp3) is 0.455. The first kappa shape index (κ1) is 7.81. The molecule has 1 aliphatic carbocycles. The van der Waals surface area contributed by atoms with Crippen molar-refractivity contribution in [3.8, 4) is 0 Å². The molecular weight excluding hydrogens is 146 g/mol. The summed E-state index contributed by atoms with van der Waals surface area (Å²) in [4.78, 5) is 0. The Hall–Kier alpha value is -0.820. The highest BCUT2D eigenvalue weighted by Gasteiger charge is 2.43. The smallest absolute Gasteiger partial charge is 0.0222 e. The van der Waals surface area contributed by atoms with Crippen LogP contribution in [0.2, 0.25) is 0 Å². The molecule has 64 valence electrons. The molecule has 1 saturated carbocycles. The van der Waals surface area contributed by atoms with Crippen molar-refractivity contribution in [2.45, 2.75) is 31.2 Å². The molecule has 0 bridgehead atoms. The van der Waals surface area contributed by atoms with Crippen LogP contribution in [-0.4, -0.2) is 5.54 Å². The molecule has 12 heavy (non-hydrogen) atoms. The van der Waals surface area contributed by atoms with Crippen molar-refractivity contribution in [3.63, 3.8) is 0 Å². The van der Waals surface area contributed by atoms with Gasteiger partial charge in [-0.15, -0.1) is 0 Å². The topological polar surface area (TPSA) is 26.0 Å². The van der Waals surface area contributed by atoms with Crippen LogP contribution >= 0.6 is 0 Å². The van der Waals surface area contributed by atoms with Gasteiger partial charge in [0.2, 0.25) is 0 Å². The summed E-state index contributed by atoms with van der Waals surface area (Å²) in [5.74, 6) is 0.513. The van der Waals surface area contributed by atoms with Crippen LogP contribution < -0.4 is 5.73 Å². The molecule has 2 rings (SSSR count). The third kappa shape index (κ3) is 1.25. The third-order valence-corrected chi connectivity index (χ3v) is 2.99. The maximum Gasteiger partial charge on any atom is 0.0222 e. The average Bonchev–Trinajstić information content (AvgIpc) is 2.85. The van der Waals surface area contributed by atoms with Crippen LogP contribution in [0.25, 0.3) is 0 Å². The van der Waals surface area contributed by atoms with E-state index in [-0.39, 0.29) is 5.54 Å². The van der Waals surface area contributed by atoms with Gasteiger partial charge in [-0.3, -0.25) is 0 Å². The van der Waals surface area contributed by atoms with E-state index in [4.69, 9.17) is 5.73 Å². The normalized spacial score (nSPS) is 21.8. The molecule has 1 atom stereocenters. The number of hydrogen-bond acceptors (Lipinski definition) is 1. The van der Waals surface area contributed by atoms with E-state index in [1.54, 1.807) is 0 Å². The van der Waals surface area contributed by atoms with E-state index in [0.29, 0.717) is 5.92 Å². The van der Waals surface area contributed by atoms with Gasteiger partial charge in [-0.05, 0) is 24.3 Å². The highest BCUT2D eigenvalue weighted by molar-refractivity contribution is 5.26. The molecule has 0 aromatic heterocycles. The highest BCUT2D eigenvalue weighted by atomic mass is 14.8. The number of rotatable bonds is 2. The highest BCUT2D eigenvalue weighted by Crippen LogP contribution is 2.44. The Balaban J connectivity index is 2.20. The van der Waals surface area contributed by atoms with Gasteiger partial charge in [-0.25, -0.2) is 0 Å². The van der Waals surface area contributed by atoms with Gasteiger partial charge in [-0.2, -0.15) is 0 Å². The van der Waals surface area contributed by atoms with Crippen molar-refractivity contribution < 1.29 is 0 Å². The van der Waals surface area contributed by atoms with Crippen LogP contribution in [0.5, 0.6) is 0 Å². The minimum Gasteiger partial charge on any atom is -0.325 e. The molecule has 0 aliphatic heterocycles. The molecule has 0 spiro atoms. The fourth-order valence-corrected chi connectivity index (χ4v) is 1.65. The van der Waals surface area contributed by atoms with Crippen LogP contribution in [0.4, 0.5) is 0 Å². The summed E-state index contributed by atoms with van der Waals surface area (Å²) in [6.45, 7) is 2.22. The molecule has 2 N–H and O–H groups in total. The predicted molar refractivity (Wildman–Crippen MR) is 51.0 cm³/mol. The van der Waals surface area contributed by atoms with Gasteiger partial charge in [0.05, 0.1) is 0 Å². The minimum absolute atomic E-state index is 0.112. The molecule has 1 heteroatoms. The third-order valence-electron chi connectivity index (χ3n) is 2.99. The molecule has 0 radical (unpaired) electrons. The monoisotopic (exact) mass is 161 g/mol. The van der Waals surface area contributed by atoms with E-state index in [1.165, 1.54) is 18.4 Å². The Labute approximate surface area is 73.6 Å². The Morgan fingerprint density at radius 3 is 2.33 bits per heavy atom. The van der Waals surface area contributed by atoms with E-state index in [1.807, 2.05) is 6.07 Å². The summed E-state index contributed by atoms with van der Waals surface area (Å²) >= 11 is 0. The van der Waals surface area contributed by atoms with Gasteiger partial charge in [0.1, 0.15) is 0 Å². The molecule has 1 aliphatic rings. The lowest BCUT2D eigenvalue weighted by atomic mass is 9.92. The summed E-state index contributed by atoms with van der Waals surface area (Å²) in [5.41, 5.74) is 7.61. The summed E-state index contributed by atoms with van der Waals surface area (Å²) in [6, 6.07) is 10.5. The maximum absolute atomic E-state index is 6.12. The first-order valence-corrected chi connectivity index (χ1v) is 4.56. The van der Waals surface area contributed by atoms with Crippen molar-refractivity contribution >= 4 is 0 Å². The lowest BCUT2D eigenvalue weighted by Gasteiger charge is -2.18. The lowest BCUT2D eigenvalue weighted by molar-refractivity contribution is 0.557. The van der Waals surface area contributed by atoms with Crippen molar-refractivity contribution in [2.24, 2.45) is 5.73 Å². The minimum atomic E-state index is 0.112. The van der Waals surface area contributed by atoms with Crippen molar-refractivity contribution in [1.29, 1.82) is 0 Å². The fourth-order valence-electron chi connectivity index (χ4n) is 1.65. The molecule has 1 aromatic rings. The molecule has 1 unspecified atom stereocenters. The Bertz CT molecular complexity index is 262. The quantitative estimate of drug-likeness (QED) is 0.707. The number of hydrogen-bond donors (Lipinski definition) is 1. The molecule has 0 heterocycles. The van der Waals surface area contributed by atoms with Crippen LogP contribution in [0.15, 0.2) is 30.3 Å². The van der Waals surface area contributed by atoms with Crippen molar-refractivity contribution in [3.05, 3.63) is 35.9 Å². The zero-order chi connectivity index (χ0) is 8.60. The predicted octanol–water partition coefficient (Wildman–Crippen LogP) is 2.28. The summed E-state index contributed by atoms with van der Waals surface area (Å²) in [7, 11) is 0. The maximum atomic E-state index is 6.12. The lowest BCUT2D eigenvalue weighted by Crippen LogP contribution is -2.28. The molecule has 1 aromatic carbocycles. The molecule has 0 saturated heterocycles. The Kier molecular flexibility index (Phi) is 1.69. The molecule has 0 amide bonds. The zero-order valence-corrected chi connectivity index (χ0v) is 7.46. The Morgan fingerprint density at radius 1 is 1.25 bits per heavy atom. The van der Waals surface area contributed by atoms with E-state index >= 15 is 0 Å². The largest absolute Gasteiger partial charge is 0.325 e. The van der Waals surface area contributed by atoms with E-state index in [9.17, 15) is 0 Å². The second-order valence-electron chi connectivity index (χ2n) is 3.87. The van der Waals surface area contributed by atoms with Crippen LogP contribution in [0, 0.1) is 0 Å². The standard InChI is InChI=1S/C11H15N/c1-9(11(12)7-8-11)10-5-3-2-4-6-10/h2-6,9H,7-8,12H2,1H3. The van der Waals surface area contributed by atoms with E-state index in [2.05, 4.69) is 31.2 Å². The van der Waals surface area contributed by atoms with Crippen molar-refractivity contribution in [1.82, 2.24) is 0 Å². The van der Waals surface area contributed by atoms with Gasteiger partial charge in [0, 0.05) is 5.54 Å². The summed E-state index contributed by atoms with van der Waals surface area (Å²) in [5, 5.41) is 0. The zero-order valence-electron chi connectivity index (χ0n) is 7.46. The molecular formula is C11H15N.